The van der Waals surface area contributed by atoms with E-state index in [-0.39, 0.29) is 12.3 Å². The van der Waals surface area contributed by atoms with Crippen LogP contribution in [0.3, 0.4) is 0 Å². The fraction of sp³-hybridized carbons (Fsp3) is 0.150. The Morgan fingerprint density at radius 1 is 1.28 bits per heavy atom. The topological polar surface area (TPSA) is 70.1 Å². The van der Waals surface area contributed by atoms with Gasteiger partial charge in [0.05, 0.1) is 12.5 Å². The van der Waals surface area contributed by atoms with Crippen LogP contribution in [-0.4, -0.2) is 22.3 Å². The number of pyridine rings is 1. The monoisotopic (exact) mass is 331 g/mol. The summed E-state index contributed by atoms with van der Waals surface area (Å²) in [5.41, 5.74) is 1.71. The molecule has 0 saturated carbocycles. The summed E-state index contributed by atoms with van der Waals surface area (Å²) in [5.74, 6) is 0.454. The van der Waals surface area contributed by atoms with Gasteiger partial charge in [0.15, 0.2) is 0 Å². The van der Waals surface area contributed by atoms with Gasteiger partial charge in [-0.2, -0.15) is 5.26 Å². The van der Waals surface area contributed by atoms with Gasteiger partial charge in [-0.15, -0.1) is 0 Å². The van der Waals surface area contributed by atoms with Crippen molar-refractivity contribution in [2.45, 2.75) is 13.0 Å². The number of benzene rings is 1. The number of hydrogen-bond acceptors (Lipinski definition) is 4. The molecule has 0 radical (unpaired) electrons. The van der Waals surface area contributed by atoms with Crippen molar-refractivity contribution in [1.29, 1.82) is 5.26 Å². The summed E-state index contributed by atoms with van der Waals surface area (Å²) in [5, 5.41) is 9.81. The van der Waals surface area contributed by atoms with Crippen molar-refractivity contribution in [3.05, 3.63) is 72.3 Å². The Balaban J connectivity index is 1.73. The molecule has 5 heteroatoms. The van der Waals surface area contributed by atoms with E-state index in [1.165, 1.54) is 6.08 Å². The summed E-state index contributed by atoms with van der Waals surface area (Å²) in [7, 11) is 0. The van der Waals surface area contributed by atoms with Crippen molar-refractivity contribution >= 4 is 23.0 Å². The smallest absolute Gasteiger partial charge is 0.247 e. The first-order chi connectivity index (χ1) is 12.3. The molecule has 0 aliphatic carbocycles. The van der Waals surface area contributed by atoms with E-state index in [4.69, 9.17) is 9.68 Å². The van der Waals surface area contributed by atoms with Crippen LogP contribution in [0.5, 0.6) is 0 Å². The molecule has 0 spiro atoms. The summed E-state index contributed by atoms with van der Waals surface area (Å²) in [6.45, 7) is 0.785. The summed E-state index contributed by atoms with van der Waals surface area (Å²) in [6, 6.07) is 15.4. The summed E-state index contributed by atoms with van der Waals surface area (Å²) >= 11 is 0. The number of hydrogen-bond donors (Lipinski definition) is 0. The van der Waals surface area contributed by atoms with Crippen molar-refractivity contribution in [2.24, 2.45) is 0 Å². The number of carbonyl (C=O) groups excluding carboxylic acids is 1. The molecule has 2 heterocycles. The number of nitriles is 1. The number of nitrogens with zero attached hydrogens (tertiary/aromatic N) is 3. The van der Waals surface area contributed by atoms with Gasteiger partial charge in [0.25, 0.3) is 0 Å². The number of rotatable bonds is 6. The molecule has 0 aliphatic heterocycles. The lowest BCUT2D eigenvalue weighted by atomic mass is 10.2. The van der Waals surface area contributed by atoms with E-state index in [9.17, 15) is 4.79 Å². The molecule has 25 heavy (non-hydrogen) atoms. The second kappa shape index (κ2) is 7.93. The van der Waals surface area contributed by atoms with E-state index in [0.717, 1.165) is 16.5 Å². The number of para-hydroxylation sites is 1. The second-order valence-corrected chi connectivity index (χ2v) is 5.55. The lowest BCUT2D eigenvalue weighted by Crippen LogP contribution is -2.29. The van der Waals surface area contributed by atoms with Gasteiger partial charge in [-0.05, 0) is 29.8 Å². The van der Waals surface area contributed by atoms with Crippen molar-refractivity contribution in [2.75, 3.05) is 6.54 Å². The number of aromatic nitrogens is 1. The minimum absolute atomic E-state index is 0.167. The van der Waals surface area contributed by atoms with E-state index in [1.807, 2.05) is 42.5 Å². The third-order valence-corrected chi connectivity index (χ3v) is 3.74. The molecule has 0 fully saturated rings. The minimum atomic E-state index is -0.167. The summed E-state index contributed by atoms with van der Waals surface area (Å²) in [6.07, 6.45) is 6.82. The molecule has 5 nitrogen and oxygen atoms in total. The Morgan fingerprint density at radius 3 is 2.92 bits per heavy atom. The zero-order chi connectivity index (χ0) is 17.5. The molecule has 0 unspecified atom stereocenters. The molecule has 3 rings (SSSR count). The molecule has 0 saturated heterocycles. The Morgan fingerprint density at radius 2 is 2.16 bits per heavy atom. The maximum atomic E-state index is 12.5. The van der Waals surface area contributed by atoms with Crippen molar-refractivity contribution in [3.63, 3.8) is 0 Å². The number of fused-ring (bicyclic) bond motifs is 1. The Labute approximate surface area is 145 Å². The van der Waals surface area contributed by atoms with Crippen molar-refractivity contribution in [1.82, 2.24) is 9.88 Å². The number of carbonyl (C=O) groups is 1. The number of amides is 1. The van der Waals surface area contributed by atoms with Crippen molar-refractivity contribution in [3.8, 4) is 6.07 Å². The van der Waals surface area contributed by atoms with Crippen LogP contribution in [-0.2, 0) is 11.3 Å². The third kappa shape index (κ3) is 4.33. The van der Waals surface area contributed by atoms with Crippen molar-refractivity contribution < 1.29 is 9.21 Å². The average Bonchev–Trinajstić information content (AvgIpc) is 3.07. The molecule has 0 bridgehead atoms. The van der Waals surface area contributed by atoms with Gasteiger partial charge in [0.2, 0.25) is 5.91 Å². The first-order valence-electron chi connectivity index (χ1n) is 7.97. The molecule has 1 amide bonds. The van der Waals surface area contributed by atoms with E-state index in [1.54, 1.807) is 23.4 Å². The lowest BCUT2D eigenvalue weighted by molar-refractivity contribution is -0.126. The average molecular weight is 331 g/mol. The molecule has 0 atom stereocenters. The second-order valence-electron chi connectivity index (χ2n) is 5.55. The van der Waals surface area contributed by atoms with Gasteiger partial charge in [0, 0.05) is 36.9 Å². The van der Waals surface area contributed by atoms with Gasteiger partial charge < -0.3 is 9.32 Å². The van der Waals surface area contributed by atoms with Crippen LogP contribution < -0.4 is 0 Å². The first kappa shape index (κ1) is 16.5. The van der Waals surface area contributed by atoms with Gasteiger partial charge in [0.1, 0.15) is 11.3 Å². The predicted molar refractivity (Wildman–Crippen MR) is 95.1 cm³/mol. The van der Waals surface area contributed by atoms with Crippen LogP contribution in [0.25, 0.3) is 17.0 Å². The van der Waals surface area contributed by atoms with E-state index in [0.29, 0.717) is 18.8 Å². The fourth-order valence-corrected chi connectivity index (χ4v) is 2.51. The summed E-state index contributed by atoms with van der Waals surface area (Å²) < 4.78 is 5.68. The predicted octanol–water partition coefficient (Wildman–Crippen LogP) is 3.78. The molecule has 3 aromatic rings. The van der Waals surface area contributed by atoms with Crippen LogP contribution >= 0.6 is 0 Å². The molecule has 124 valence electrons. The maximum absolute atomic E-state index is 12.5. The summed E-state index contributed by atoms with van der Waals surface area (Å²) in [4.78, 5) is 18.2. The number of furan rings is 1. The van der Waals surface area contributed by atoms with Crippen LogP contribution in [0.15, 0.2) is 65.4 Å². The van der Waals surface area contributed by atoms with Gasteiger partial charge in [-0.3, -0.25) is 9.78 Å². The fourth-order valence-electron chi connectivity index (χ4n) is 2.51. The van der Waals surface area contributed by atoms with E-state index in [2.05, 4.69) is 11.1 Å². The highest BCUT2D eigenvalue weighted by atomic mass is 16.3. The van der Waals surface area contributed by atoms with Crippen LogP contribution in [0.2, 0.25) is 0 Å². The van der Waals surface area contributed by atoms with Gasteiger partial charge >= 0.3 is 0 Å². The zero-order valence-electron chi connectivity index (χ0n) is 13.6. The SMILES string of the molecule is N#CCCN(Cc1cccnc1)C(=O)/C=C/c1cc2ccccc2o1. The lowest BCUT2D eigenvalue weighted by Gasteiger charge is -2.19. The van der Waals surface area contributed by atoms with Crippen LogP contribution in [0.4, 0.5) is 0 Å². The molecular formula is C20H17N3O2. The van der Waals surface area contributed by atoms with E-state index >= 15 is 0 Å². The Bertz CT molecular complexity index is 890. The maximum Gasteiger partial charge on any atom is 0.247 e. The Hall–Kier alpha value is -3.39. The largest absolute Gasteiger partial charge is 0.457 e. The highest BCUT2D eigenvalue weighted by Gasteiger charge is 2.11. The quantitative estimate of drug-likeness (QED) is 0.644. The van der Waals surface area contributed by atoms with E-state index < -0.39 is 0 Å². The molecule has 1 aromatic carbocycles. The molecule has 0 aliphatic rings. The molecule has 2 aromatic heterocycles. The molecular weight excluding hydrogens is 314 g/mol. The standard InChI is InChI=1S/C20H17N3O2/c21-10-4-12-23(15-16-5-3-11-22-14-16)20(24)9-8-18-13-17-6-1-2-7-19(17)25-18/h1-3,5-9,11,13-14H,4,12,15H2/b9-8+. The van der Waals surface area contributed by atoms with Crippen LogP contribution in [0.1, 0.15) is 17.7 Å². The normalized spacial score (nSPS) is 10.8. The zero-order valence-corrected chi connectivity index (χ0v) is 13.6. The van der Waals surface area contributed by atoms with Gasteiger partial charge in [-0.1, -0.05) is 24.3 Å². The Kier molecular flexibility index (Phi) is 5.22. The highest BCUT2D eigenvalue weighted by molar-refractivity contribution is 5.92. The first-order valence-corrected chi connectivity index (χ1v) is 7.97. The highest BCUT2D eigenvalue weighted by Crippen LogP contribution is 2.19. The van der Waals surface area contributed by atoms with Crippen LogP contribution in [0, 0.1) is 11.3 Å². The molecule has 0 N–H and O–H groups in total. The van der Waals surface area contributed by atoms with Gasteiger partial charge in [-0.25, -0.2) is 0 Å². The third-order valence-electron chi connectivity index (χ3n) is 3.74. The minimum Gasteiger partial charge on any atom is -0.457 e.